The number of halogens is 3. The van der Waals surface area contributed by atoms with Gasteiger partial charge in [-0.15, -0.1) is 10.2 Å². The van der Waals surface area contributed by atoms with Gasteiger partial charge in [-0.05, 0) is 42.3 Å². The molecular weight excluding hydrogens is 629 g/mol. The lowest BCUT2D eigenvalue weighted by atomic mass is 9.95. The van der Waals surface area contributed by atoms with Crippen LogP contribution in [0.4, 0.5) is 5.13 Å². The number of Topliss-reactive ketones (excluding diaryl/α,β-unsaturated/α-hetero) is 1. The van der Waals surface area contributed by atoms with Crippen molar-refractivity contribution in [1.29, 1.82) is 0 Å². The van der Waals surface area contributed by atoms with Crippen LogP contribution >= 0.6 is 62.2 Å². The van der Waals surface area contributed by atoms with Gasteiger partial charge in [0.2, 0.25) is 5.13 Å². The smallest absolute Gasteiger partial charge is 0.301 e. The van der Waals surface area contributed by atoms with Gasteiger partial charge in [0.1, 0.15) is 5.76 Å². The van der Waals surface area contributed by atoms with Crippen LogP contribution in [-0.4, -0.2) is 27.0 Å². The maximum Gasteiger partial charge on any atom is 0.301 e. The van der Waals surface area contributed by atoms with Crippen molar-refractivity contribution < 1.29 is 14.7 Å². The van der Waals surface area contributed by atoms with Crippen molar-refractivity contribution in [1.82, 2.24) is 10.2 Å². The van der Waals surface area contributed by atoms with Crippen molar-refractivity contribution in [3.63, 3.8) is 0 Å². The van der Waals surface area contributed by atoms with E-state index >= 15 is 0 Å². The second kappa shape index (κ2) is 11.2. The van der Waals surface area contributed by atoms with Gasteiger partial charge >= 0.3 is 5.91 Å². The molecule has 1 amide bonds. The standard InChI is InChI=1S/C27H18BrCl2N3O3S2/c1-14-2-4-15(5-3-14)22-21(23(34)16-6-9-18(28)10-7-16)24(35)25(36)33(22)26-31-32-27(38-26)37-13-17-8-11-19(29)12-20(17)30/h2-12,22,34H,13H2,1H3/b23-21-. The summed E-state index contributed by atoms with van der Waals surface area (Å²) in [5, 5.41) is 21.1. The summed E-state index contributed by atoms with van der Waals surface area (Å²) in [5.74, 6) is -1.29. The molecule has 1 unspecified atom stereocenters. The van der Waals surface area contributed by atoms with Gasteiger partial charge in [-0.3, -0.25) is 14.5 Å². The van der Waals surface area contributed by atoms with Gasteiger partial charge in [-0.2, -0.15) is 0 Å². The van der Waals surface area contributed by atoms with Crippen LogP contribution in [0.2, 0.25) is 10.0 Å². The third-order valence-corrected chi connectivity index (χ3v) is 9.14. The molecule has 0 saturated carbocycles. The molecule has 1 atom stereocenters. The zero-order chi connectivity index (χ0) is 27.0. The number of amides is 1. The number of rotatable bonds is 6. The largest absolute Gasteiger partial charge is 0.507 e. The molecule has 1 saturated heterocycles. The Labute approximate surface area is 245 Å². The van der Waals surface area contributed by atoms with E-state index in [1.807, 2.05) is 37.3 Å². The molecule has 0 radical (unpaired) electrons. The summed E-state index contributed by atoms with van der Waals surface area (Å²) in [5.41, 5.74) is 3.00. The van der Waals surface area contributed by atoms with Crippen LogP contribution in [0.1, 0.15) is 28.3 Å². The van der Waals surface area contributed by atoms with E-state index in [0.29, 0.717) is 31.3 Å². The molecule has 11 heteroatoms. The van der Waals surface area contributed by atoms with Gasteiger partial charge in [0.05, 0.1) is 11.6 Å². The van der Waals surface area contributed by atoms with Crippen molar-refractivity contribution in [3.8, 4) is 0 Å². The van der Waals surface area contributed by atoms with Crippen LogP contribution in [-0.2, 0) is 15.3 Å². The number of anilines is 1. The first-order valence-corrected chi connectivity index (χ1v) is 14.6. The molecule has 38 heavy (non-hydrogen) atoms. The summed E-state index contributed by atoms with van der Waals surface area (Å²) in [7, 11) is 0. The number of nitrogens with zero attached hydrogens (tertiary/aromatic N) is 3. The molecule has 1 aromatic heterocycles. The van der Waals surface area contributed by atoms with E-state index in [0.717, 1.165) is 15.6 Å². The lowest BCUT2D eigenvalue weighted by Crippen LogP contribution is -2.29. The average molecular weight is 647 g/mol. The number of thioether (sulfide) groups is 1. The summed E-state index contributed by atoms with van der Waals surface area (Å²) < 4.78 is 1.42. The quantitative estimate of drug-likeness (QED) is 0.0756. The number of benzene rings is 3. The molecule has 5 rings (SSSR count). The highest BCUT2D eigenvalue weighted by Gasteiger charge is 2.48. The zero-order valence-electron chi connectivity index (χ0n) is 19.7. The third kappa shape index (κ3) is 5.39. The van der Waals surface area contributed by atoms with Crippen molar-refractivity contribution in [2.45, 2.75) is 23.1 Å². The van der Waals surface area contributed by atoms with Crippen LogP contribution < -0.4 is 4.90 Å². The first-order valence-electron chi connectivity index (χ1n) is 11.3. The van der Waals surface area contributed by atoms with E-state index in [-0.39, 0.29) is 16.5 Å². The fourth-order valence-electron chi connectivity index (χ4n) is 3.99. The summed E-state index contributed by atoms with van der Waals surface area (Å²) in [6.45, 7) is 1.95. The minimum Gasteiger partial charge on any atom is -0.507 e. The Morgan fingerprint density at radius 2 is 1.76 bits per heavy atom. The Morgan fingerprint density at radius 1 is 1.05 bits per heavy atom. The van der Waals surface area contributed by atoms with E-state index in [9.17, 15) is 14.7 Å². The summed E-state index contributed by atoms with van der Waals surface area (Å²) >= 11 is 18.3. The Bertz CT molecular complexity index is 1570. The Morgan fingerprint density at radius 3 is 2.45 bits per heavy atom. The molecule has 0 aliphatic carbocycles. The van der Waals surface area contributed by atoms with Gasteiger partial charge in [0, 0.05) is 25.8 Å². The van der Waals surface area contributed by atoms with Crippen molar-refractivity contribution in [2.24, 2.45) is 0 Å². The Hall–Kier alpha value is -2.69. The van der Waals surface area contributed by atoms with E-state index in [1.54, 1.807) is 36.4 Å². The maximum atomic E-state index is 13.3. The van der Waals surface area contributed by atoms with Crippen molar-refractivity contribution >= 4 is 84.8 Å². The lowest BCUT2D eigenvalue weighted by Gasteiger charge is -2.22. The molecule has 1 aliphatic heterocycles. The van der Waals surface area contributed by atoms with Crippen molar-refractivity contribution in [2.75, 3.05) is 4.90 Å². The van der Waals surface area contributed by atoms with Crippen molar-refractivity contribution in [3.05, 3.63) is 109 Å². The molecule has 1 fully saturated rings. The molecular formula is C27H18BrCl2N3O3S2. The van der Waals surface area contributed by atoms with Crippen LogP contribution in [0.25, 0.3) is 5.76 Å². The molecule has 6 nitrogen and oxygen atoms in total. The predicted molar refractivity (Wildman–Crippen MR) is 156 cm³/mol. The first kappa shape index (κ1) is 26.9. The lowest BCUT2D eigenvalue weighted by molar-refractivity contribution is -0.132. The number of carbonyl (C=O) groups excluding carboxylic acids is 2. The first-order chi connectivity index (χ1) is 18.2. The molecule has 0 bridgehead atoms. The molecule has 192 valence electrons. The normalized spacial score (nSPS) is 16.8. The topological polar surface area (TPSA) is 83.4 Å². The van der Waals surface area contributed by atoms with Crippen LogP contribution in [0.5, 0.6) is 0 Å². The number of hydrogen-bond acceptors (Lipinski definition) is 7. The monoisotopic (exact) mass is 645 g/mol. The number of ketones is 1. The summed E-state index contributed by atoms with van der Waals surface area (Å²) in [4.78, 5) is 28.0. The maximum absolute atomic E-state index is 13.3. The van der Waals surface area contributed by atoms with Gasteiger partial charge in [-0.25, -0.2) is 0 Å². The molecule has 1 N–H and O–H groups in total. The van der Waals surface area contributed by atoms with Gasteiger partial charge in [-0.1, -0.05) is 110 Å². The Balaban J connectivity index is 1.52. The highest BCUT2D eigenvalue weighted by Crippen LogP contribution is 2.44. The second-order valence-corrected chi connectivity index (χ2v) is 12.4. The van der Waals surface area contributed by atoms with E-state index in [2.05, 4.69) is 26.1 Å². The van der Waals surface area contributed by atoms with Gasteiger partial charge < -0.3 is 5.11 Å². The third-order valence-electron chi connectivity index (χ3n) is 5.92. The summed E-state index contributed by atoms with van der Waals surface area (Å²) in [6, 6.07) is 18.8. The minimum atomic E-state index is -0.865. The highest BCUT2D eigenvalue weighted by molar-refractivity contribution is 9.10. The van der Waals surface area contributed by atoms with Crippen LogP contribution in [0.3, 0.4) is 0 Å². The molecule has 0 spiro atoms. The van der Waals surface area contributed by atoms with Crippen LogP contribution in [0, 0.1) is 6.92 Å². The van der Waals surface area contributed by atoms with E-state index < -0.39 is 17.7 Å². The number of carbonyl (C=O) groups is 2. The van der Waals surface area contributed by atoms with E-state index in [1.165, 1.54) is 28.0 Å². The SMILES string of the molecule is Cc1ccc(C2/C(=C(/O)c3ccc(Br)cc3)C(=O)C(=O)N2c2nnc(SCc3ccc(Cl)cc3Cl)s2)cc1. The predicted octanol–water partition coefficient (Wildman–Crippen LogP) is 7.83. The van der Waals surface area contributed by atoms with E-state index in [4.69, 9.17) is 23.2 Å². The molecule has 3 aromatic carbocycles. The fraction of sp³-hybridized carbons (Fsp3) is 0.111. The fourth-order valence-corrected chi connectivity index (χ4v) is 6.68. The molecule has 4 aromatic rings. The molecule has 1 aliphatic rings. The number of hydrogen-bond donors (Lipinski definition) is 1. The average Bonchev–Trinajstić information content (AvgIpc) is 3.46. The number of aromatic nitrogens is 2. The molecule has 2 heterocycles. The second-order valence-electron chi connectivity index (χ2n) is 8.46. The highest BCUT2D eigenvalue weighted by atomic mass is 79.9. The number of aliphatic hydroxyl groups excluding tert-OH is 1. The summed E-state index contributed by atoms with van der Waals surface area (Å²) in [6.07, 6.45) is 0. The minimum absolute atomic E-state index is 0.00137. The zero-order valence-corrected chi connectivity index (χ0v) is 24.4. The number of aryl methyl sites for hydroxylation is 1. The van der Waals surface area contributed by atoms with Gasteiger partial charge in [0.25, 0.3) is 5.78 Å². The van der Waals surface area contributed by atoms with Crippen LogP contribution in [0.15, 0.2) is 81.1 Å². The Kier molecular flexibility index (Phi) is 7.93. The number of aliphatic hydroxyl groups is 1. The van der Waals surface area contributed by atoms with Gasteiger partial charge in [0.15, 0.2) is 4.34 Å².